The van der Waals surface area contributed by atoms with Gasteiger partial charge in [-0.15, -0.1) is 0 Å². The molecule has 0 aliphatic heterocycles. The molecule has 0 N–H and O–H groups in total. The lowest BCUT2D eigenvalue weighted by Crippen LogP contribution is -2.43. The number of alkyl halides is 3. The number of halogens is 3. The minimum Gasteiger partial charge on any atom is -0.465 e. The van der Waals surface area contributed by atoms with Crippen LogP contribution >= 0.6 is 0 Å². The van der Waals surface area contributed by atoms with E-state index in [1.165, 1.54) is 0 Å². The highest BCUT2D eigenvalue weighted by atomic mass is 19.4. The molecule has 1 aliphatic carbocycles. The number of carbonyl (C=O) groups excluding carboxylic acids is 2. The first-order chi connectivity index (χ1) is 9.82. The summed E-state index contributed by atoms with van der Waals surface area (Å²) in [5.41, 5.74) is -1.18. The van der Waals surface area contributed by atoms with Crippen molar-refractivity contribution in [2.45, 2.75) is 51.6 Å². The molecule has 0 spiro atoms. The molecule has 7 heteroatoms. The van der Waals surface area contributed by atoms with Gasteiger partial charge in [0.15, 0.2) is 0 Å². The van der Waals surface area contributed by atoms with Crippen LogP contribution in [0, 0.1) is 5.41 Å². The Hall–Kier alpha value is -1.11. The third kappa shape index (κ3) is 5.30. The Balaban J connectivity index is 2.54. The number of hydrogen-bond donors (Lipinski definition) is 0. The van der Waals surface area contributed by atoms with E-state index < -0.39 is 24.2 Å². The van der Waals surface area contributed by atoms with Gasteiger partial charge in [0.1, 0.15) is 17.8 Å². The number of esters is 1. The number of carbonyl (C=O) groups is 2. The summed E-state index contributed by atoms with van der Waals surface area (Å²) in [5.74, 6) is -0.714. The Labute approximate surface area is 122 Å². The molecule has 4 nitrogen and oxygen atoms in total. The molecule has 1 atom stereocenters. The van der Waals surface area contributed by atoms with Crippen molar-refractivity contribution in [2.24, 2.45) is 5.41 Å². The quantitative estimate of drug-likeness (QED) is 0.412. The predicted molar refractivity (Wildman–Crippen MR) is 68.6 cm³/mol. The first kappa shape index (κ1) is 17.9. The van der Waals surface area contributed by atoms with Gasteiger partial charge in [-0.05, 0) is 32.6 Å². The standard InChI is InChI=1S/C14H21F3O4/c1-2-21-12(19)13(7-4-3-6-11(13)18)8-5-9-20-10-14(15,16)17/h2-10H2,1H3. The van der Waals surface area contributed by atoms with Crippen molar-refractivity contribution in [1.82, 2.24) is 0 Å². The molecule has 1 aliphatic rings. The second-order valence-corrected chi connectivity index (χ2v) is 5.20. The summed E-state index contributed by atoms with van der Waals surface area (Å²) in [6.07, 6.45) is -1.74. The summed E-state index contributed by atoms with van der Waals surface area (Å²) in [5, 5.41) is 0. The number of hydrogen-bond acceptors (Lipinski definition) is 4. The third-order valence-electron chi connectivity index (χ3n) is 3.62. The van der Waals surface area contributed by atoms with E-state index in [9.17, 15) is 22.8 Å². The molecular formula is C14H21F3O4. The van der Waals surface area contributed by atoms with Crippen molar-refractivity contribution in [3.8, 4) is 0 Å². The minimum absolute atomic E-state index is 0.131. The zero-order valence-electron chi connectivity index (χ0n) is 12.1. The highest BCUT2D eigenvalue weighted by molar-refractivity contribution is 6.04. The summed E-state index contributed by atoms with van der Waals surface area (Å²) in [4.78, 5) is 24.2. The number of rotatable bonds is 7. The Kier molecular flexibility index (Phi) is 6.64. The molecule has 0 amide bonds. The van der Waals surface area contributed by atoms with Crippen LogP contribution in [0.2, 0.25) is 0 Å². The first-order valence-electron chi connectivity index (χ1n) is 7.17. The number of ketones is 1. The maximum Gasteiger partial charge on any atom is 0.411 e. The fraction of sp³-hybridized carbons (Fsp3) is 0.857. The van der Waals surface area contributed by atoms with Gasteiger partial charge in [-0.1, -0.05) is 6.42 Å². The Morgan fingerprint density at radius 3 is 2.62 bits per heavy atom. The molecule has 0 heterocycles. The molecule has 0 aromatic rings. The average Bonchev–Trinajstić information content (AvgIpc) is 2.39. The van der Waals surface area contributed by atoms with Crippen molar-refractivity contribution in [1.29, 1.82) is 0 Å². The first-order valence-corrected chi connectivity index (χ1v) is 7.17. The SMILES string of the molecule is CCOC(=O)C1(CCCOCC(F)(F)F)CCCCC1=O. The van der Waals surface area contributed by atoms with Gasteiger partial charge in [-0.2, -0.15) is 13.2 Å². The zero-order valence-corrected chi connectivity index (χ0v) is 12.1. The molecule has 1 unspecified atom stereocenters. The van der Waals surface area contributed by atoms with Gasteiger partial charge >= 0.3 is 12.1 Å². The zero-order chi connectivity index (χ0) is 15.9. The topological polar surface area (TPSA) is 52.6 Å². The van der Waals surface area contributed by atoms with E-state index in [1.807, 2.05) is 0 Å². The molecule has 0 saturated heterocycles. The third-order valence-corrected chi connectivity index (χ3v) is 3.62. The van der Waals surface area contributed by atoms with Gasteiger partial charge in [0.05, 0.1) is 6.61 Å². The predicted octanol–water partition coefficient (Wildman–Crippen LogP) is 3.04. The molecule has 1 rings (SSSR count). The molecule has 0 aromatic heterocycles. The summed E-state index contributed by atoms with van der Waals surface area (Å²) >= 11 is 0. The van der Waals surface area contributed by atoms with Crippen molar-refractivity contribution in [3.05, 3.63) is 0 Å². The van der Waals surface area contributed by atoms with Gasteiger partial charge < -0.3 is 9.47 Å². The molecular weight excluding hydrogens is 289 g/mol. The van der Waals surface area contributed by atoms with Crippen LogP contribution in [0.5, 0.6) is 0 Å². The van der Waals surface area contributed by atoms with Crippen LogP contribution in [0.3, 0.4) is 0 Å². The smallest absolute Gasteiger partial charge is 0.411 e. The summed E-state index contributed by atoms with van der Waals surface area (Å²) in [6.45, 7) is 0.394. The van der Waals surface area contributed by atoms with E-state index >= 15 is 0 Å². The molecule has 0 radical (unpaired) electrons. The highest BCUT2D eigenvalue weighted by Crippen LogP contribution is 2.38. The molecule has 1 fully saturated rings. The lowest BCUT2D eigenvalue weighted by atomic mass is 9.70. The second-order valence-electron chi connectivity index (χ2n) is 5.20. The maximum absolute atomic E-state index is 12.1. The van der Waals surface area contributed by atoms with Gasteiger partial charge in [0, 0.05) is 13.0 Å². The molecule has 0 bridgehead atoms. The lowest BCUT2D eigenvalue weighted by molar-refractivity contribution is -0.175. The van der Waals surface area contributed by atoms with Crippen molar-refractivity contribution < 1.29 is 32.2 Å². The van der Waals surface area contributed by atoms with Crippen LogP contribution in [0.25, 0.3) is 0 Å². The van der Waals surface area contributed by atoms with Crippen LogP contribution < -0.4 is 0 Å². The van der Waals surface area contributed by atoms with Crippen molar-refractivity contribution >= 4 is 11.8 Å². The van der Waals surface area contributed by atoms with E-state index in [0.717, 1.165) is 12.8 Å². The average molecular weight is 310 g/mol. The summed E-state index contributed by atoms with van der Waals surface area (Å²) < 4.78 is 45.4. The van der Waals surface area contributed by atoms with Crippen LogP contribution in [0.4, 0.5) is 13.2 Å². The Morgan fingerprint density at radius 2 is 2.05 bits per heavy atom. The summed E-state index contributed by atoms with van der Waals surface area (Å²) in [6, 6.07) is 0. The minimum atomic E-state index is -4.36. The van der Waals surface area contributed by atoms with Crippen LogP contribution in [0.15, 0.2) is 0 Å². The number of ether oxygens (including phenoxy) is 2. The monoisotopic (exact) mass is 310 g/mol. The Morgan fingerprint density at radius 1 is 1.33 bits per heavy atom. The van der Waals surface area contributed by atoms with E-state index in [4.69, 9.17) is 4.74 Å². The maximum atomic E-state index is 12.1. The normalized spacial score (nSPS) is 23.1. The highest BCUT2D eigenvalue weighted by Gasteiger charge is 2.47. The number of Topliss-reactive ketones (excluding diaryl/α,β-unsaturated/α-hetero) is 1. The summed E-state index contributed by atoms with van der Waals surface area (Å²) in [7, 11) is 0. The van der Waals surface area contributed by atoms with Crippen molar-refractivity contribution in [2.75, 3.05) is 19.8 Å². The van der Waals surface area contributed by atoms with Crippen LogP contribution in [-0.4, -0.2) is 37.7 Å². The molecule has 122 valence electrons. The second kappa shape index (κ2) is 7.77. The van der Waals surface area contributed by atoms with Gasteiger partial charge in [-0.3, -0.25) is 9.59 Å². The van der Waals surface area contributed by atoms with Crippen LogP contribution in [-0.2, 0) is 19.1 Å². The fourth-order valence-electron chi connectivity index (χ4n) is 2.61. The molecule has 0 aromatic carbocycles. The van der Waals surface area contributed by atoms with Gasteiger partial charge in [0.2, 0.25) is 0 Å². The molecule has 21 heavy (non-hydrogen) atoms. The molecule has 1 saturated carbocycles. The van der Waals surface area contributed by atoms with Gasteiger partial charge in [0.25, 0.3) is 0 Å². The van der Waals surface area contributed by atoms with E-state index in [2.05, 4.69) is 4.74 Å². The van der Waals surface area contributed by atoms with E-state index in [1.54, 1.807) is 6.92 Å². The van der Waals surface area contributed by atoms with E-state index in [-0.39, 0.29) is 31.8 Å². The van der Waals surface area contributed by atoms with Crippen molar-refractivity contribution in [3.63, 3.8) is 0 Å². The lowest BCUT2D eigenvalue weighted by Gasteiger charge is -2.33. The van der Waals surface area contributed by atoms with Gasteiger partial charge in [-0.25, -0.2) is 0 Å². The fourth-order valence-corrected chi connectivity index (χ4v) is 2.61. The largest absolute Gasteiger partial charge is 0.465 e. The Bertz CT molecular complexity index is 368. The van der Waals surface area contributed by atoms with Crippen LogP contribution in [0.1, 0.15) is 45.4 Å². The van der Waals surface area contributed by atoms with E-state index in [0.29, 0.717) is 12.8 Å².